The van der Waals surface area contributed by atoms with Gasteiger partial charge in [0.1, 0.15) is 0 Å². The standard InChI is InChI=1S/C14H19N3O2/c15-9-14(7-1-2-8-14)13(19)17-11-5-3-10(4-6-11)12(16)18/h3-6H,1-2,7-9,15H2,(H2,16,18)(H,17,19). The van der Waals surface area contributed by atoms with Crippen molar-refractivity contribution in [2.24, 2.45) is 16.9 Å². The van der Waals surface area contributed by atoms with Crippen molar-refractivity contribution in [3.05, 3.63) is 29.8 Å². The number of hydrogen-bond donors (Lipinski definition) is 3. The Balaban J connectivity index is 2.08. The van der Waals surface area contributed by atoms with E-state index >= 15 is 0 Å². The zero-order valence-corrected chi connectivity index (χ0v) is 10.8. The summed E-state index contributed by atoms with van der Waals surface area (Å²) in [5, 5.41) is 2.87. The molecule has 102 valence electrons. The summed E-state index contributed by atoms with van der Waals surface area (Å²) in [5.41, 5.74) is 11.6. The highest BCUT2D eigenvalue weighted by molar-refractivity contribution is 5.97. The van der Waals surface area contributed by atoms with Gasteiger partial charge in [0.05, 0.1) is 5.41 Å². The number of anilines is 1. The van der Waals surface area contributed by atoms with Crippen molar-refractivity contribution in [2.75, 3.05) is 11.9 Å². The zero-order valence-electron chi connectivity index (χ0n) is 10.8. The van der Waals surface area contributed by atoms with Gasteiger partial charge in [-0.1, -0.05) is 12.8 Å². The van der Waals surface area contributed by atoms with E-state index in [1.807, 2.05) is 0 Å². The lowest BCUT2D eigenvalue weighted by Crippen LogP contribution is -2.40. The molecule has 5 nitrogen and oxygen atoms in total. The molecule has 0 bridgehead atoms. The Labute approximate surface area is 112 Å². The molecule has 2 amide bonds. The minimum absolute atomic E-state index is 0.0284. The van der Waals surface area contributed by atoms with Gasteiger partial charge in [-0.3, -0.25) is 9.59 Å². The first-order chi connectivity index (χ1) is 9.07. The van der Waals surface area contributed by atoms with Crippen molar-refractivity contribution in [3.8, 4) is 0 Å². The molecule has 0 aliphatic heterocycles. The van der Waals surface area contributed by atoms with E-state index in [1.165, 1.54) is 0 Å². The molecular weight excluding hydrogens is 242 g/mol. The molecule has 1 aromatic rings. The molecule has 0 atom stereocenters. The van der Waals surface area contributed by atoms with E-state index in [0.29, 0.717) is 17.8 Å². The maximum Gasteiger partial charge on any atom is 0.248 e. The van der Waals surface area contributed by atoms with Crippen molar-refractivity contribution in [1.82, 2.24) is 0 Å². The van der Waals surface area contributed by atoms with Crippen molar-refractivity contribution < 1.29 is 9.59 Å². The molecule has 1 saturated carbocycles. The van der Waals surface area contributed by atoms with E-state index in [9.17, 15) is 9.59 Å². The number of nitrogens with one attached hydrogen (secondary N) is 1. The van der Waals surface area contributed by atoms with Crippen LogP contribution in [0.3, 0.4) is 0 Å². The maximum atomic E-state index is 12.3. The minimum Gasteiger partial charge on any atom is -0.366 e. The van der Waals surface area contributed by atoms with Gasteiger partial charge < -0.3 is 16.8 Å². The minimum atomic E-state index is -0.480. The Bertz CT molecular complexity index is 476. The average Bonchev–Trinajstić information content (AvgIpc) is 2.89. The fraction of sp³-hybridized carbons (Fsp3) is 0.429. The Morgan fingerprint density at radius 2 is 1.74 bits per heavy atom. The van der Waals surface area contributed by atoms with Crippen LogP contribution in [0.1, 0.15) is 36.0 Å². The summed E-state index contributed by atoms with van der Waals surface area (Å²) in [7, 11) is 0. The molecule has 1 aliphatic rings. The van der Waals surface area contributed by atoms with Crippen LogP contribution in [0.2, 0.25) is 0 Å². The highest BCUT2D eigenvalue weighted by atomic mass is 16.2. The number of rotatable bonds is 4. The largest absolute Gasteiger partial charge is 0.366 e. The summed E-state index contributed by atoms with van der Waals surface area (Å²) in [6.45, 7) is 0.373. The van der Waals surface area contributed by atoms with E-state index in [2.05, 4.69) is 5.32 Å². The lowest BCUT2D eigenvalue weighted by molar-refractivity contribution is -0.124. The second-order valence-electron chi connectivity index (χ2n) is 5.09. The highest BCUT2D eigenvalue weighted by Gasteiger charge is 2.39. The van der Waals surface area contributed by atoms with Crippen LogP contribution in [0.4, 0.5) is 5.69 Å². The predicted octanol–water partition coefficient (Wildman–Crippen LogP) is 1.24. The molecule has 0 aromatic heterocycles. The summed E-state index contributed by atoms with van der Waals surface area (Å²) < 4.78 is 0. The first kappa shape index (κ1) is 13.5. The number of carbonyl (C=O) groups is 2. The van der Waals surface area contributed by atoms with Gasteiger partial charge in [-0.15, -0.1) is 0 Å². The van der Waals surface area contributed by atoms with Gasteiger partial charge in [-0.05, 0) is 37.1 Å². The van der Waals surface area contributed by atoms with Crippen LogP contribution in [0.5, 0.6) is 0 Å². The van der Waals surface area contributed by atoms with Crippen LogP contribution < -0.4 is 16.8 Å². The van der Waals surface area contributed by atoms with Gasteiger partial charge in [0.25, 0.3) is 0 Å². The highest BCUT2D eigenvalue weighted by Crippen LogP contribution is 2.38. The fourth-order valence-electron chi connectivity index (χ4n) is 2.56. The third-order valence-electron chi connectivity index (χ3n) is 3.86. The molecular formula is C14H19N3O2. The van der Waals surface area contributed by atoms with E-state index in [1.54, 1.807) is 24.3 Å². The Morgan fingerprint density at radius 3 is 2.21 bits per heavy atom. The summed E-state index contributed by atoms with van der Waals surface area (Å²) in [4.78, 5) is 23.3. The van der Waals surface area contributed by atoms with Crippen LogP contribution in [-0.2, 0) is 4.79 Å². The summed E-state index contributed by atoms with van der Waals surface area (Å²) >= 11 is 0. The molecule has 0 radical (unpaired) electrons. The van der Waals surface area contributed by atoms with Gasteiger partial charge in [0.15, 0.2) is 0 Å². The molecule has 1 aromatic carbocycles. The normalized spacial score (nSPS) is 17.1. The molecule has 0 saturated heterocycles. The van der Waals surface area contributed by atoms with Crippen molar-refractivity contribution in [3.63, 3.8) is 0 Å². The smallest absolute Gasteiger partial charge is 0.248 e. The number of primary amides is 1. The molecule has 0 spiro atoms. The predicted molar refractivity (Wildman–Crippen MR) is 73.5 cm³/mol. The van der Waals surface area contributed by atoms with E-state index in [0.717, 1.165) is 25.7 Å². The SMILES string of the molecule is NCC1(C(=O)Nc2ccc(C(N)=O)cc2)CCCC1. The number of nitrogens with two attached hydrogens (primary N) is 2. The molecule has 0 unspecified atom stereocenters. The molecule has 1 aliphatic carbocycles. The van der Waals surface area contributed by atoms with Crippen LogP contribution in [0, 0.1) is 5.41 Å². The van der Waals surface area contributed by atoms with Gasteiger partial charge in [0.2, 0.25) is 11.8 Å². The molecule has 1 fully saturated rings. The second kappa shape index (κ2) is 5.40. The molecule has 2 rings (SSSR count). The third kappa shape index (κ3) is 2.76. The maximum absolute atomic E-state index is 12.3. The Morgan fingerprint density at radius 1 is 1.16 bits per heavy atom. The van der Waals surface area contributed by atoms with Crippen molar-refractivity contribution in [2.45, 2.75) is 25.7 Å². The van der Waals surface area contributed by atoms with Crippen LogP contribution in [0.25, 0.3) is 0 Å². The molecule has 0 heterocycles. The monoisotopic (exact) mass is 261 g/mol. The molecule has 5 heteroatoms. The Kier molecular flexibility index (Phi) is 3.85. The molecule has 19 heavy (non-hydrogen) atoms. The fourth-order valence-corrected chi connectivity index (χ4v) is 2.56. The number of carbonyl (C=O) groups excluding carboxylic acids is 2. The van der Waals surface area contributed by atoms with Gasteiger partial charge >= 0.3 is 0 Å². The number of hydrogen-bond acceptors (Lipinski definition) is 3. The van der Waals surface area contributed by atoms with Gasteiger partial charge in [-0.2, -0.15) is 0 Å². The quantitative estimate of drug-likeness (QED) is 0.760. The summed E-state index contributed by atoms with van der Waals surface area (Å²) in [6.07, 6.45) is 3.78. The second-order valence-corrected chi connectivity index (χ2v) is 5.09. The van der Waals surface area contributed by atoms with Crippen molar-refractivity contribution >= 4 is 17.5 Å². The van der Waals surface area contributed by atoms with E-state index < -0.39 is 11.3 Å². The molecule has 5 N–H and O–H groups in total. The van der Waals surface area contributed by atoms with Crippen LogP contribution >= 0.6 is 0 Å². The third-order valence-corrected chi connectivity index (χ3v) is 3.86. The topological polar surface area (TPSA) is 98.2 Å². The van der Waals surface area contributed by atoms with E-state index in [4.69, 9.17) is 11.5 Å². The first-order valence-corrected chi connectivity index (χ1v) is 6.49. The zero-order chi connectivity index (χ0) is 13.9. The summed E-state index contributed by atoms with van der Waals surface area (Å²) in [5.74, 6) is -0.508. The number of benzene rings is 1. The van der Waals surface area contributed by atoms with Gasteiger partial charge in [-0.25, -0.2) is 0 Å². The first-order valence-electron chi connectivity index (χ1n) is 6.49. The lowest BCUT2D eigenvalue weighted by atomic mass is 9.85. The van der Waals surface area contributed by atoms with Crippen LogP contribution in [-0.4, -0.2) is 18.4 Å². The average molecular weight is 261 g/mol. The number of amides is 2. The summed E-state index contributed by atoms with van der Waals surface area (Å²) in [6, 6.07) is 6.55. The van der Waals surface area contributed by atoms with Gasteiger partial charge in [0, 0.05) is 17.8 Å². The van der Waals surface area contributed by atoms with Crippen LogP contribution in [0.15, 0.2) is 24.3 Å². The Hall–Kier alpha value is -1.88. The lowest BCUT2D eigenvalue weighted by Gasteiger charge is -2.25. The van der Waals surface area contributed by atoms with Crippen molar-refractivity contribution in [1.29, 1.82) is 0 Å². The van der Waals surface area contributed by atoms with E-state index in [-0.39, 0.29) is 5.91 Å².